The number of para-hydroxylation sites is 1. The molecular formula is C22H26N2O2. The lowest BCUT2D eigenvalue weighted by molar-refractivity contribution is -0.155. The van der Waals surface area contributed by atoms with Gasteiger partial charge in [-0.3, -0.25) is 0 Å². The van der Waals surface area contributed by atoms with Crippen LogP contribution in [-0.4, -0.2) is 17.6 Å². The number of hydrogen-bond donors (Lipinski definition) is 1. The summed E-state index contributed by atoms with van der Waals surface area (Å²) in [5.74, 6) is -1.30. The molecule has 136 valence electrons. The number of carbonyl (C=O) groups excluding carboxylic acids is 1. The summed E-state index contributed by atoms with van der Waals surface area (Å²) in [6.45, 7) is 7.50. The first kappa shape index (κ1) is 19.5. The van der Waals surface area contributed by atoms with Crippen LogP contribution >= 0.6 is 0 Å². The highest BCUT2D eigenvalue weighted by atomic mass is 16.5. The Hall–Kier alpha value is -2.80. The van der Waals surface area contributed by atoms with Crippen LogP contribution in [0.5, 0.6) is 0 Å². The molecular weight excluding hydrogens is 324 g/mol. The topological polar surface area (TPSA) is 62.1 Å². The molecule has 1 N–H and O–H groups in total. The van der Waals surface area contributed by atoms with Crippen LogP contribution in [0.1, 0.15) is 39.2 Å². The highest BCUT2D eigenvalue weighted by molar-refractivity contribution is 5.87. The first-order chi connectivity index (χ1) is 12.4. The molecule has 0 fully saturated rings. The fourth-order valence-electron chi connectivity index (χ4n) is 3.11. The third-order valence-corrected chi connectivity index (χ3v) is 4.43. The molecule has 0 aliphatic heterocycles. The van der Waals surface area contributed by atoms with Crippen molar-refractivity contribution in [3.8, 4) is 6.07 Å². The minimum atomic E-state index is -1.21. The number of anilines is 1. The Labute approximate surface area is 155 Å². The Morgan fingerprint density at radius 1 is 1.00 bits per heavy atom. The molecule has 2 aromatic rings. The van der Waals surface area contributed by atoms with Crippen molar-refractivity contribution in [3.63, 3.8) is 0 Å². The molecule has 0 bridgehead atoms. The molecule has 2 aromatic carbocycles. The van der Waals surface area contributed by atoms with Crippen molar-refractivity contribution in [3.05, 3.63) is 66.2 Å². The Kier molecular flexibility index (Phi) is 6.41. The van der Waals surface area contributed by atoms with Crippen LogP contribution in [0.4, 0.5) is 5.69 Å². The second kappa shape index (κ2) is 8.53. The van der Waals surface area contributed by atoms with E-state index in [1.807, 2.05) is 88.4 Å². The van der Waals surface area contributed by atoms with Gasteiger partial charge in [0.25, 0.3) is 0 Å². The molecule has 0 aliphatic rings. The molecule has 2 rings (SSSR count). The lowest BCUT2D eigenvalue weighted by Crippen LogP contribution is -2.56. The Morgan fingerprint density at radius 3 is 2.00 bits per heavy atom. The Morgan fingerprint density at radius 2 is 1.54 bits per heavy atom. The molecule has 0 aromatic heterocycles. The van der Waals surface area contributed by atoms with Gasteiger partial charge in [0.1, 0.15) is 5.92 Å². The van der Waals surface area contributed by atoms with E-state index < -0.39 is 17.4 Å². The third-order valence-electron chi connectivity index (χ3n) is 4.43. The van der Waals surface area contributed by atoms with Crippen LogP contribution < -0.4 is 5.32 Å². The van der Waals surface area contributed by atoms with E-state index in [0.717, 1.165) is 11.3 Å². The maximum Gasteiger partial charge on any atom is 0.334 e. The van der Waals surface area contributed by atoms with Crippen LogP contribution in [0.25, 0.3) is 0 Å². The van der Waals surface area contributed by atoms with Gasteiger partial charge in [-0.15, -0.1) is 0 Å². The van der Waals surface area contributed by atoms with E-state index in [1.165, 1.54) is 0 Å². The zero-order valence-electron chi connectivity index (χ0n) is 15.8. The SMILES string of the molecule is CC(C)OC(=O)C(Nc1ccccc1)(C(C)C)C(C#N)c1ccccc1. The van der Waals surface area contributed by atoms with Gasteiger partial charge in [-0.1, -0.05) is 62.4 Å². The number of nitrogens with zero attached hydrogens (tertiary/aromatic N) is 1. The quantitative estimate of drug-likeness (QED) is 0.732. The third kappa shape index (κ3) is 4.05. The molecule has 0 aliphatic carbocycles. The number of carbonyl (C=O) groups is 1. The normalized spacial score (nSPS) is 14.3. The molecule has 4 nitrogen and oxygen atoms in total. The summed E-state index contributed by atoms with van der Waals surface area (Å²) in [6, 6.07) is 21.2. The summed E-state index contributed by atoms with van der Waals surface area (Å²) < 4.78 is 5.60. The van der Waals surface area contributed by atoms with Crippen molar-refractivity contribution >= 4 is 11.7 Å². The van der Waals surface area contributed by atoms with E-state index in [4.69, 9.17) is 4.74 Å². The predicted octanol–water partition coefficient (Wildman–Crippen LogP) is 4.75. The monoisotopic (exact) mass is 350 g/mol. The second-order valence-electron chi connectivity index (χ2n) is 6.94. The maximum absolute atomic E-state index is 13.3. The summed E-state index contributed by atoms with van der Waals surface area (Å²) in [4.78, 5) is 13.3. The molecule has 0 heterocycles. The Balaban J connectivity index is 2.61. The summed E-state index contributed by atoms with van der Waals surface area (Å²) in [7, 11) is 0. The van der Waals surface area contributed by atoms with E-state index >= 15 is 0 Å². The maximum atomic E-state index is 13.3. The standard InChI is InChI=1S/C22H26N2O2/c1-16(2)22(21(25)26-17(3)4,24-19-13-9-6-10-14-19)20(15-23)18-11-7-5-8-12-18/h5-14,16-17,20,24H,1-4H3. The number of hydrogen-bond acceptors (Lipinski definition) is 4. The number of esters is 1. The molecule has 2 atom stereocenters. The summed E-state index contributed by atoms with van der Waals surface area (Å²) in [5.41, 5.74) is 0.354. The van der Waals surface area contributed by atoms with Gasteiger partial charge in [0.05, 0.1) is 12.2 Å². The largest absolute Gasteiger partial charge is 0.461 e. The first-order valence-electron chi connectivity index (χ1n) is 8.90. The smallest absolute Gasteiger partial charge is 0.334 e. The average Bonchev–Trinajstić information content (AvgIpc) is 2.62. The van der Waals surface area contributed by atoms with Crippen molar-refractivity contribution in [2.45, 2.75) is 45.3 Å². The van der Waals surface area contributed by atoms with Gasteiger partial charge >= 0.3 is 5.97 Å². The van der Waals surface area contributed by atoms with Crippen molar-refractivity contribution in [2.75, 3.05) is 5.32 Å². The number of nitrogens with one attached hydrogen (secondary N) is 1. The predicted molar refractivity (Wildman–Crippen MR) is 104 cm³/mol. The lowest BCUT2D eigenvalue weighted by atomic mass is 9.72. The highest BCUT2D eigenvalue weighted by Gasteiger charge is 2.51. The van der Waals surface area contributed by atoms with Crippen LogP contribution in [0.2, 0.25) is 0 Å². The second-order valence-corrected chi connectivity index (χ2v) is 6.94. The highest BCUT2D eigenvalue weighted by Crippen LogP contribution is 2.38. The summed E-state index contributed by atoms with van der Waals surface area (Å²) in [5, 5.41) is 13.4. The van der Waals surface area contributed by atoms with Gasteiger partial charge in [0, 0.05) is 5.69 Å². The minimum Gasteiger partial charge on any atom is -0.461 e. The number of ether oxygens (including phenoxy) is 1. The summed E-state index contributed by atoms with van der Waals surface area (Å²) in [6.07, 6.45) is -0.270. The minimum absolute atomic E-state index is 0.182. The molecule has 4 heteroatoms. The lowest BCUT2D eigenvalue weighted by Gasteiger charge is -2.40. The molecule has 0 spiro atoms. The number of nitriles is 1. The molecule has 0 saturated heterocycles. The van der Waals surface area contributed by atoms with Gasteiger partial charge in [-0.05, 0) is 37.5 Å². The van der Waals surface area contributed by atoms with Crippen molar-refractivity contribution in [2.24, 2.45) is 5.92 Å². The van der Waals surface area contributed by atoms with Crippen molar-refractivity contribution < 1.29 is 9.53 Å². The van der Waals surface area contributed by atoms with Crippen LogP contribution in [-0.2, 0) is 9.53 Å². The Bertz CT molecular complexity index is 751. The molecule has 2 unspecified atom stereocenters. The molecule has 0 saturated carbocycles. The van der Waals surface area contributed by atoms with Gasteiger partial charge < -0.3 is 10.1 Å². The van der Waals surface area contributed by atoms with Gasteiger partial charge in [0.2, 0.25) is 0 Å². The number of benzene rings is 2. The zero-order chi connectivity index (χ0) is 19.2. The fraction of sp³-hybridized carbons (Fsp3) is 0.364. The van der Waals surface area contributed by atoms with E-state index in [9.17, 15) is 10.1 Å². The van der Waals surface area contributed by atoms with Crippen LogP contribution in [0.15, 0.2) is 60.7 Å². The van der Waals surface area contributed by atoms with Gasteiger partial charge in [-0.25, -0.2) is 4.79 Å². The van der Waals surface area contributed by atoms with E-state index in [-0.39, 0.29) is 12.0 Å². The van der Waals surface area contributed by atoms with E-state index in [2.05, 4.69) is 11.4 Å². The van der Waals surface area contributed by atoms with Crippen molar-refractivity contribution in [1.29, 1.82) is 5.26 Å². The van der Waals surface area contributed by atoms with Crippen molar-refractivity contribution in [1.82, 2.24) is 0 Å². The molecule has 0 amide bonds. The van der Waals surface area contributed by atoms with Gasteiger partial charge in [-0.2, -0.15) is 5.26 Å². The summed E-state index contributed by atoms with van der Waals surface area (Å²) >= 11 is 0. The molecule has 0 radical (unpaired) electrons. The average molecular weight is 350 g/mol. The number of rotatable bonds is 7. The fourth-order valence-corrected chi connectivity index (χ4v) is 3.11. The van der Waals surface area contributed by atoms with Crippen LogP contribution in [0, 0.1) is 17.2 Å². The first-order valence-corrected chi connectivity index (χ1v) is 8.90. The molecule has 26 heavy (non-hydrogen) atoms. The van der Waals surface area contributed by atoms with Gasteiger partial charge in [0.15, 0.2) is 5.54 Å². The van der Waals surface area contributed by atoms with Crippen LogP contribution in [0.3, 0.4) is 0 Å². The van der Waals surface area contributed by atoms with E-state index in [0.29, 0.717) is 0 Å². The zero-order valence-corrected chi connectivity index (χ0v) is 15.8. The van der Waals surface area contributed by atoms with E-state index in [1.54, 1.807) is 0 Å².